The second kappa shape index (κ2) is 10.5. The molecule has 2 atom stereocenters. The topological polar surface area (TPSA) is 119 Å². The average molecular weight is 474 g/mol. The van der Waals surface area contributed by atoms with Gasteiger partial charge in [0.2, 0.25) is 5.91 Å². The van der Waals surface area contributed by atoms with Crippen LogP contribution in [0.4, 0.5) is 4.39 Å². The number of halogens is 1. The van der Waals surface area contributed by atoms with Crippen LogP contribution < -0.4 is 10.1 Å². The molecule has 2 aliphatic rings. The lowest BCUT2D eigenvalue weighted by Crippen LogP contribution is -2.29. The van der Waals surface area contributed by atoms with E-state index in [0.29, 0.717) is 67.3 Å². The second-order valence-electron chi connectivity index (χ2n) is 9.48. The lowest BCUT2D eigenvalue weighted by molar-refractivity contribution is -0.143. The zero-order valence-corrected chi connectivity index (χ0v) is 19.7. The van der Waals surface area contributed by atoms with E-state index >= 15 is 0 Å². The Morgan fingerprint density at radius 1 is 1.26 bits per heavy atom. The molecule has 10 heteroatoms. The fraction of sp³-hybridized carbons (Fsp3) is 0.625. The number of pyridine rings is 1. The number of alkyl halides is 1. The zero-order chi connectivity index (χ0) is 24.2. The van der Waals surface area contributed by atoms with Crippen molar-refractivity contribution >= 4 is 11.9 Å². The number of hydrogen-bond acceptors (Lipinski definition) is 6. The molecule has 0 aromatic carbocycles. The molecule has 2 heterocycles. The molecule has 2 fully saturated rings. The predicted molar refractivity (Wildman–Crippen MR) is 122 cm³/mol. The fourth-order valence-corrected chi connectivity index (χ4v) is 4.73. The minimum atomic E-state index is -0.766. The summed E-state index contributed by atoms with van der Waals surface area (Å²) in [5.41, 5.74) is 2.62. The van der Waals surface area contributed by atoms with Gasteiger partial charge >= 0.3 is 5.97 Å². The first-order valence-corrected chi connectivity index (χ1v) is 12.0. The van der Waals surface area contributed by atoms with Crippen LogP contribution in [0.15, 0.2) is 12.1 Å². The molecule has 2 saturated carbocycles. The number of aromatic nitrogens is 4. The maximum Gasteiger partial charge on any atom is 0.306 e. The third-order valence-corrected chi connectivity index (χ3v) is 6.90. The van der Waals surface area contributed by atoms with Gasteiger partial charge in [-0.15, -0.1) is 5.10 Å². The zero-order valence-electron chi connectivity index (χ0n) is 19.7. The van der Waals surface area contributed by atoms with Crippen molar-refractivity contribution in [2.45, 2.75) is 77.1 Å². The molecular weight excluding hydrogens is 441 g/mol. The fourth-order valence-electron chi connectivity index (χ4n) is 4.73. The number of carboxylic acids is 1. The number of nitrogens with zero attached hydrogens (tertiary/aromatic N) is 4. The van der Waals surface area contributed by atoms with E-state index < -0.39 is 12.1 Å². The maximum absolute atomic E-state index is 12.9. The van der Waals surface area contributed by atoms with E-state index in [1.807, 2.05) is 13.0 Å². The van der Waals surface area contributed by atoms with Crippen LogP contribution in [-0.4, -0.2) is 49.2 Å². The number of hydrogen-bond donors (Lipinski definition) is 2. The normalized spacial score (nSPS) is 24.3. The van der Waals surface area contributed by atoms with Gasteiger partial charge in [0.05, 0.1) is 35.6 Å². The van der Waals surface area contributed by atoms with E-state index in [0.717, 1.165) is 18.5 Å². The molecule has 1 amide bonds. The van der Waals surface area contributed by atoms with Gasteiger partial charge in [0.1, 0.15) is 17.6 Å². The highest BCUT2D eigenvalue weighted by Crippen LogP contribution is 2.33. The van der Waals surface area contributed by atoms with Crippen LogP contribution in [0.5, 0.6) is 5.75 Å². The SMILES string of the molecule is Cc1nc(-c2nnn(C)c2CNC(=O)CCC2CC(F)C2)ccc1O[C@H]1CCC[C@H](C(=O)O)C1. The van der Waals surface area contributed by atoms with Gasteiger partial charge in [-0.1, -0.05) is 5.21 Å². The molecule has 9 nitrogen and oxygen atoms in total. The Kier molecular flexibility index (Phi) is 7.43. The summed E-state index contributed by atoms with van der Waals surface area (Å²) < 4.78 is 20.6. The molecule has 2 N–H and O–H groups in total. The number of nitrogens with one attached hydrogen (secondary N) is 1. The van der Waals surface area contributed by atoms with Crippen molar-refractivity contribution in [2.24, 2.45) is 18.9 Å². The number of amides is 1. The number of aryl methyl sites for hydroxylation is 2. The molecule has 2 aromatic heterocycles. The van der Waals surface area contributed by atoms with Crippen molar-refractivity contribution < 1.29 is 23.8 Å². The van der Waals surface area contributed by atoms with Gasteiger partial charge in [0.25, 0.3) is 0 Å². The molecular formula is C24H32FN5O4. The Morgan fingerprint density at radius 2 is 2.06 bits per heavy atom. The van der Waals surface area contributed by atoms with Gasteiger partial charge < -0.3 is 15.2 Å². The number of carbonyl (C=O) groups is 2. The van der Waals surface area contributed by atoms with Gasteiger partial charge in [-0.05, 0) is 69.9 Å². The first kappa shape index (κ1) is 24.1. The maximum atomic E-state index is 12.9. The van der Waals surface area contributed by atoms with Gasteiger partial charge in [-0.25, -0.2) is 14.1 Å². The average Bonchev–Trinajstić information content (AvgIpc) is 3.16. The molecule has 0 aliphatic heterocycles. The summed E-state index contributed by atoms with van der Waals surface area (Å²) in [7, 11) is 1.76. The van der Waals surface area contributed by atoms with E-state index in [-0.39, 0.29) is 24.5 Å². The molecule has 0 spiro atoms. The van der Waals surface area contributed by atoms with Crippen LogP contribution in [0.2, 0.25) is 0 Å². The van der Waals surface area contributed by atoms with Crippen molar-refractivity contribution in [3.05, 3.63) is 23.5 Å². The summed E-state index contributed by atoms with van der Waals surface area (Å²) in [5, 5.41) is 20.5. The largest absolute Gasteiger partial charge is 0.489 e. The monoisotopic (exact) mass is 473 g/mol. The molecule has 2 aliphatic carbocycles. The van der Waals surface area contributed by atoms with Crippen LogP contribution in [0.1, 0.15) is 62.8 Å². The second-order valence-corrected chi connectivity index (χ2v) is 9.48. The Morgan fingerprint density at radius 3 is 2.76 bits per heavy atom. The Hall–Kier alpha value is -3.04. The number of ether oxygens (including phenoxy) is 1. The third-order valence-electron chi connectivity index (χ3n) is 6.90. The lowest BCUT2D eigenvalue weighted by atomic mass is 9.80. The summed E-state index contributed by atoms with van der Waals surface area (Å²) in [5.74, 6) is -0.263. The summed E-state index contributed by atoms with van der Waals surface area (Å²) in [6.45, 7) is 2.11. The third kappa shape index (κ3) is 5.71. The molecule has 34 heavy (non-hydrogen) atoms. The van der Waals surface area contributed by atoms with Gasteiger partial charge in [-0.2, -0.15) is 0 Å². The summed E-state index contributed by atoms with van der Waals surface area (Å²) >= 11 is 0. The van der Waals surface area contributed by atoms with E-state index in [9.17, 15) is 19.1 Å². The minimum absolute atomic E-state index is 0.0745. The van der Waals surface area contributed by atoms with Crippen LogP contribution >= 0.6 is 0 Å². The molecule has 2 aromatic rings. The van der Waals surface area contributed by atoms with Gasteiger partial charge in [0.15, 0.2) is 0 Å². The quantitative estimate of drug-likeness (QED) is 0.573. The minimum Gasteiger partial charge on any atom is -0.489 e. The summed E-state index contributed by atoms with van der Waals surface area (Å²) in [4.78, 5) is 28.2. The van der Waals surface area contributed by atoms with Crippen molar-refractivity contribution in [3.63, 3.8) is 0 Å². The van der Waals surface area contributed by atoms with Crippen LogP contribution in [-0.2, 0) is 23.2 Å². The standard InChI is InChI=1S/C24H32FN5O4/c1-14-21(34-18-5-3-4-16(12-18)24(32)33)8-7-19(27-14)23-20(30(2)29-28-23)13-26-22(31)9-6-15-10-17(25)11-15/h7-8,15-18H,3-6,9-13H2,1-2H3,(H,26,31)(H,32,33)/t15?,16-,17?,18-/m0/s1. The van der Waals surface area contributed by atoms with E-state index in [1.54, 1.807) is 17.8 Å². The van der Waals surface area contributed by atoms with Crippen molar-refractivity contribution in [2.75, 3.05) is 0 Å². The highest BCUT2D eigenvalue weighted by molar-refractivity contribution is 5.76. The summed E-state index contributed by atoms with van der Waals surface area (Å²) in [6, 6.07) is 3.63. The van der Waals surface area contributed by atoms with E-state index in [2.05, 4.69) is 20.6 Å². The molecule has 0 unspecified atom stereocenters. The summed E-state index contributed by atoms with van der Waals surface area (Å²) in [6.07, 6.45) is 4.22. The molecule has 0 radical (unpaired) electrons. The highest BCUT2D eigenvalue weighted by atomic mass is 19.1. The van der Waals surface area contributed by atoms with Crippen molar-refractivity contribution in [1.82, 2.24) is 25.3 Å². The number of aliphatic carboxylic acids is 1. The van der Waals surface area contributed by atoms with Gasteiger partial charge in [0, 0.05) is 13.5 Å². The lowest BCUT2D eigenvalue weighted by Gasteiger charge is -2.29. The van der Waals surface area contributed by atoms with Crippen LogP contribution in [0, 0.1) is 18.8 Å². The molecule has 0 saturated heterocycles. The predicted octanol–water partition coefficient (Wildman–Crippen LogP) is 3.35. The Labute approximate surface area is 198 Å². The molecule has 4 rings (SSSR count). The van der Waals surface area contributed by atoms with Crippen LogP contribution in [0.25, 0.3) is 11.4 Å². The van der Waals surface area contributed by atoms with E-state index in [1.165, 1.54) is 0 Å². The highest BCUT2D eigenvalue weighted by Gasteiger charge is 2.29. The van der Waals surface area contributed by atoms with Crippen molar-refractivity contribution in [3.8, 4) is 17.1 Å². The van der Waals surface area contributed by atoms with Crippen molar-refractivity contribution in [1.29, 1.82) is 0 Å². The Balaban J connectivity index is 1.37. The smallest absolute Gasteiger partial charge is 0.306 e. The first-order valence-electron chi connectivity index (χ1n) is 12.0. The number of carboxylic acid groups (broad SMARTS) is 1. The number of carbonyl (C=O) groups excluding carboxylic acids is 1. The van der Waals surface area contributed by atoms with Crippen LogP contribution in [0.3, 0.4) is 0 Å². The molecule has 184 valence electrons. The van der Waals surface area contributed by atoms with E-state index in [4.69, 9.17) is 4.74 Å². The Bertz CT molecular complexity index is 1040. The molecule has 0 bridgehead atoms. The first-order chi connectivity index (χ1) is 16.3. The van der Waals surface area contributed by atoms with Gasteiger partial charge in [-0.3, -0.25) is 9.59 Å². The number of rotatable bonds is 9.